The molecule has 1 aromatic carbocycles. The van der Waals surface area contributed by atoms with Crippen molar-refractivity contribution in [3.05, 3.63) is 35.5 Å². The normalized spacial score (nSPS) is 25.4. The number of rotatable bonds is 4. The van der Waals surface area contributed by atoms with Crippen molar-refractivity contribution in [3.8, 4) is 0 Å². The van der Waals surface area contributed by atoms with Crippen LogP contribution in [-0.2, 0) is 13.5 Å². The summed E-state index contributed by atoms with van der Waals surface area (Å²) in [5.41, 5.74) is 4.62. The highest BCUT2D eigenvalue weighted by Crippen LogP contribution is 2.45. The number of benzene rings is 1. The van der Waals surface area contributed by atoms with Gasteiger partial charge in [0.05, 0.1) is 0 Å². The number of hydrogen-bond acceptors (Lipinski definition) is 2. The molecule has 2 aliphatic rings. The molecule has 2 nitrogen and oxygen atoms in total. The molecule has 2 heterocycles. The van der Waals surface area contributed by atoms with Gasteiger partial charge >= 0.3 is 0 Å². The Morgan fingerprint density at radius 2 is 2.04 bits per heavy atom. The van der Waals surface area contributed by atoms with Crippen LogP contribution in [0.25, 0.3) is 10.9 Å². The molecule has 25 heavy (non-hydrogen) atoms. The van der Waals surface area contributed by atoms with Crippen LogP contribution in [0.2, 0.25) is 0 Å². The number of thioether (sulfide) groups is 1. The number of fused-ring (bicyclic) bond motifs is 2. The number of aromatic nitrogens is 1. The molecular formula is C22H34N2S. The molecule has 138 valence electrons. The fraction of sp³-hybridized carbons (Fsp3) is 0.636. The Bertz CT molecular complexity index is 705. The minimum absolute atomic E-state index is 0.716. The molecule has 3 atom stereocenters. The van der Waals surface area contributed by atoms with Gasteiger partial charge in [0.15, 0.2) is 0 Å². The monoisotopic (exact) mass is 358 g/mol. The van der Waals surface area contributed by atoms with Gasteiger partial charge in [-0.1, -0.05) is 32.9 Å². The van der Waals surface area contributed by atoms with Crippen LogP contribution in [0.4, 0.5) is 0 Å². The highest BCUT2D eigenvalue weighted by atomic mass is 32.2. The first-order valence-corrected chi connectivity index (χ1v) is 11.4. The maximum absolute atomic E-state index is 2.81. The molecule has 1 aromatic heterocycles. The molecular weight excluding hydrogens is 324 g/mol. The quantitative estimate of drug-likeness (QED) is 0.732. The van der Waals surface area contributed by atoms with Crippen molar-refractivity contribution in [2.45, 2.75) is 52.0 Å². The van der Waals surface area contributed by atoms with Crippen LogP contribution in [0.15, 0.2) is 24.4 Å². The lowest BCUT2D eigenvalue weighted by molar-refractivity contribution is 0.0926. The number of piperidine rings is 1. The molecule has 0 bridgehead atoms. The van der Waals surface area contributed by atoms with E-state index in [2.05, 4.69) is 54.1 Å². The lowest BCUT2D eigenvalue weighted by Crippen LogP contribution is -2.50. The molecule has 0 spiro atoms. The van der Waals surface area contributed by atoms with Crippen molar-refractivity contribution >= 4 is 22.7 Å². The minimum Gasteiger partial charge on any atom is -0.350 e. The zero-order valence-corrected chi connectivity index (χ0v) is 17.4. The Hall–Kier alpha value is -0.930. The SMILES string of the molecule is CC.CCCN1CC(CSC)CC2c3cccc4c3c(cn4C)CC21. The summed E-state index contributed by atoms with van der Waals surface area (Å²) in [7, 11) is 2.20. The Kier molecular flexibility index (Phi) is 6.17. The predicted octanol–water partition coefficient (Wildman–Crippen LogP) is 5.31. The van der Waals surface area contributed by atoms with Gasteiger partial charge in [-0.15, -0.1) is 0 Å². The maximum atomic E-state index is 2.81. The summed E-state index contributed by atoms with van der Waals surface area (Å²) < 4.78 is 2.33. The van der Waals surface area contributed by atoms with Crippen LogP contribution >= 0.6 is 11.8 Å². The van der Waals surface area contributed by atoms with Crippen molar-refractivity contribution < 1.29 is 0 Å². The molecule has 1 aliphatic carbocycles. The molecule has 0 amide bonds. The van der Waals surface area contributed by atoms with E-state index >= 15 is 0 Å². The van der Waals surface area contributed by atoms with Gasteiger partial charge in [0.2, 0.25) is 0 Å². The van der Waals surface area contributed by atoms with Crippen molar-refractivity contribution in [2.24, 2.45) is 13.0 Å². The fourth-order valence-electron chi connectivity index (χ4n) is 5.08. The lowest BCUT2D eigenvalue weighted by Gasteiger charge is -2.47. The second-order valence-corrected chi connectivity index (χ2v) is 8.35. The van der Waals surface area contributed by atoms with E-state index in [-0.39, 0.29) is 0 Å². The van der Waals surface area contributed by atoms with Crippen molar-refractivity contribution in [2.75, 3.05) is 25.1 Å². The topological polar surface area (TPSA) is 8.17 Å². The summed E-state index contributed by atoms with van der Waals surface area (Å²) in [6.07, 6.45) is 8.51. The van der Waals surface area contributed by atoms with Gasteiger partial charge in [-0.05, 0) is 60.9 Å². The zero-order valence-electron chi connectivity index (χ0n) is 16.6. The van der Waals surface area contributed by atoms with E-state index in [1.165, 1.54) is 43.6 Å². The number of aryl methyl sites for hydroxylation is 1. The Balaban J connectivity index is 0.000000880. The van der Waals surface area contributed by atoms with Crippen LogP contribution < -0.4 is 0 Å². The molecule has 1 saturated heterocycles. The molecule has 0 radical (unpaired) electrons. The zero-order chi connectivity index (χ0) is 18.0. The van der Waals surface area contributed by atoms with Crippen LogP contribution in [0.5, 0.6) is 0 Å². The van der Waals surface area contributed by atoms with Crippen molar-refractivity contribution in [1.82, 2.24) is 9.47 Å². The van der Waals surface area contributed by atoms with Crippen LogP contribution in [0.1, 0.15) is 50.7 Å². The lowest BCUT2D eigenvalue weighted by atomic mass is 9.72. The Labute approximate surface area is 158 Å². The third-order valence-corrected chi connectivity index (χ3v) is 6.69. The van der Waals surface area contributed by atoms with Gasteiger partial charge in [-0.25, -0.2) is 0 Å². The largest absolute Gasteiger partial charge is 0.350 e. The summed E-state index contributed by atoms with van der Waals surface area (Å²) >= 11 is 2.02. The molecule has 1 aliphatic heterocycles. The van der Waals surface area contributed by atoms with Crippen LogP contribution in [0, 0.1) is 5.92 Å². The van der Waals surface area contributed by atoms with E-state index in [0.717, 1.165) is 11.8 Å². The summed E-state index contributed by atoms with van der Waals surface area (Å²) in [6, 6.07) is 7.68. The second-order valence-electron chi connectivity index (χ2n) is 7.44. The summed E-state index contributed by atoms with van der Waals surface area (Å²) in [4.78, 5) is 2.81. The summed E-state index contributed by atoms with van der Waals surface area (Å²) in [5, 5.41) is 1.57. The van der Waals surface area contributed by atoms with E-state index < -0.39 is 0 Å². The highest BCUT2D eigenvalue weighted by Gasteiger charge is 2.40. The molecule has 3 heteroatoms. The summed E-state index contributed by atoms with van der Waals surface area (Å²) in [6.45, 7) is 8.88. The molecule has 4 rings (SSSR count). The Morgan fingerprint density at radius 3 is 2.76 bits per heavy atom. The first-order chi connectivity index (χ1) is 12.2. The number of nitrogens with zero attached hydrogens (tertiary/aromatic N) is 2. The molecule has 3 unspecified atom stereocenters. The summed E-state index contributed by atoms with van der Waals surface area (Å²) in [5.74, 6) is 2.88. The van der Waals surface area contributed by atoms with E-state index in [1.54, 1.807) is 16.5 Å². The minimum atomic E-state index is 0.716. The van der Waals surface area contributed by atoms with Gasteiger partial charge in [-0.2, -0.15) is 11.8 Å². The van der Waals surface area contributed by atoms with Gasteiger partial charge in [0.25, 0.3) is 0 Å². The first-order valence-electron chi connectivity index (χ1n) is 10.0. The molecule has 1 fully saturated rings. The molecule has 0 saturated carbocycles. The van der Waals surface area contributed by atoms with Gasteiger partial charge in [-0.3, -0.25) is 4.90 Å². The first kappa shape index (κ1) is 18.8. The van der Waals surface area contributed by atoms with Gasteiger partial charge < -0.3 is 4.57 Å². The molecule has 2 aromatic rings. The Morgan fingerprint density at radius 1 is 1.24 bits per heavy atom. The standard InChI is InChI=1S/C20H28N2S.C2H6/c1-4-8-22-11-14(13-23-3)9-17-16-6-5-7-18-20(16)15(10-19(17)22)12-21(18)2;1-2/h5-7,12,14,17,19H,4,8-11,13H2,1-3H3;1-2H3. The van der Waals surface area contributed by atoms with Crippen LogP contribution in [-0.4, -0.2) is 40.6 Å². The predicted molar refractivity (Wildman–Crippen MR) is 113 cm³/mol. The van der Waals surface area contributed by atoms with E-state index in [4.69, 9.17) is 0 Å². The highest BCUT2D eigenvalue weighted by molar-refractivity contribution is 7.98. The maximum Gasteiger partial charge on any atom is 0.0483 e. The molecule has 0 N–H and O–H groups in total. The number of likely N-dealkylation sites (tertiary alicyclic amines) is 1. The van der Waals surface area contributed by atoms with E-state index in [1.807, 2.05) is 25.6 Å². The smallest absolute Gasteiger partial charge is 0.0483 e. The van der Waals surface area contributed by atoms with Crippen molar-refractivity contribution in [1.29, 1.82) is 0 Å². The second kappa shape index (κ2) is 8.18. The average Bonchev–Trinajstić information content (AvgIpc) is 2.96. The number of hydrogen-bond donors (Lipinski definition) is 0. The van der Waals surface area contributed by atoms with Gasteiger partial charge in [0, 0.05) is 42.7 Å². The average molecular weight is 359 g/mol. The van der Waals surface area contributed by atoms with E-state index in [0.29, 0.717) is 6.04 Å². The van der Waals surface area contributed by atoms with E-state index in [9.17, 15) is 0 Å². The van der Waals surface area contributed by atoms with Gasteiger partial charge in [0.1, 0.15) is 0 Å². The third kappa shape index (κ3) is 3.38. The van der Waals surface area contributed by atoms with Crippen molar-refractivity contribution in [3.63, 3.8) is 0 Å². The van der Waals surface area contributed by atoms with Crippen LogP contribution in [0.3, 0.4) is 0 Å². The third-order valence-electron chi connectivity index (χ3n) is 5.88. The fourth-order valence-corrected chi connectivity index (χ4v) is 5.79.